The van der Waals surface area contributed by atoms with Gasteiger partial charge in [-0.05, 0) is 83.5 Å². The molecular weight excluding hydrogens is 1030 g/mol. The molecule has 0 aromatic heterocycles. The van der Waals surface area contributed by atoms with Crippen LogP contribution >= 0.6 is 0 Å². The lowest BCUT2D eigenvalue weighted by atomic mass is 10.0. The summed E-state index contributed by atoms with van der Waals surface area (Å²) in [7, 11) is 5.94. The van der Waals surface area contributed by atoms with Crippen LogP contribution in [0, 0.1) is 0 Å². The summed E-state index contributed by atoms with van der Waals surface area (Å²) < 4.78 is 22.8. The number of hydrogen-bond acceptors (Lipinski definition) is 8. The van der Waals surface area contributed by atoms with Gasteiger partial charge in [-0.15, -0.1) is 0 Å². The maximum atomic E-state index is 12.9. The van der Waals surface area contributed by atoms with Crippen molar-refractivity contribution in [1.29, 1.82) is 0 Å². The molecule has 0 aliphatic heterocycles. The molecule has 0 aromatic rings. The molecule has 0 aliphatic rings. The summed E-state index contributed by atoms with van der Waals surface area (Å²) in [6.45, 7) is 4.77. The number of likely N-dealkylation sites (N-methyl/N-ethyl adjacent to an activating group) is 1. The first-order chi connectivity index (χ1) is 40.6. The van der Waals surface area contributed by atoms with Gasteiger partial charge in [0.25, 0.3) is 0 Å². The minimum absolute atomic E-state index is 0.147. The number of carboxylic acids is 1. The molecule has 0 saturated heterocycles. The van der Waals surface area contributed by atoms with E-state index in [4.69, 9.17) is 18.9 Å². The molecule has 83 heavy (non-hydrogen) atoms. The fourth-order valence-electron chi connectivity index (χ4n) is 10.3. The molecule has 0 N–H and O–H groups in total. The fraction of sp³-hybridized carbons (Fsp3) is 0.824. The SMILES string of the molecule is CCCCCCC/C=C\C/C=C\C/C=C\CCCCCCCCCCCCC(=O)OC(COC(=O)CCCCCCCCCCCCCCCCCCCCCCC/C=C\C/C=C\CCCCCCC)COC(OCC[N+](C)(C)C)C(=O)[O-]. The Bertz CT molecular complexity index is 1550. The van der Waals surface area contributed by atoms with Crippen molar-refractivity contribution in [3.63, 3.8) is 0 Å². The van der Waals surface area contributed by atoms with Gasteiger partial charge in [0.05, 0.1) is 40.3 Å². The number of quaternary nitrogens is 1. The first-order valence-corrected chi connectivity index (χ1v) is 35.4. The lowest BCUT2D eigenvalue weighted by Gasteiger charge is -2.26. The molecule has 9 heteroatoms. The van der Waals surface area contributed by atoms with Gasteiger partial charge in [-0.1, -0.05) is 299 Å². The highest BCUT2D eigenvalue weighted by Gasteiger charge is 2.22. The number of aliphatic carboxylic acids is 1. The standard InChI is InChI=1S/C74H135NO8/c1-6-8-10-12-14-16-18-20-22-24-26-28-30-32-33-34-35-36-37-38-39-41-42-44-46-48-50-52-54-56-58-60-62-64-71(76)81-68-70(69-82-74(73(78)79)80-67-66-75(3,4)5)83-72(77)65-63-61-59-57-55-53-51-49-47-45-43-40-31-29-27-25-23-21-19-17-15-13-11-9-7-2/h18-21,24-27,31,40,70,74H,6-17,22-23,28-30,32-39,41-69H2,1-5H3/b20-18-,21-19-,26-24-,27-25-,40-31-. The van der Waals surface area contributed by atoms with Crippen molar-refractivity contribution >= 4 is 17.9 Å². The average molecular weight is 1170 g/mol. The van der Waals surface area contributed by atoms with Crippen LogP contribution in [0.1, 0.15) is 335 Å². The third-order valence-electron chi connectivity index (χ3n) is 15.7. The number of ether oxygens (including phenoxy) is 4. The van der Waals surface area contributed by atoms with Crippen molar-refractivity contribution in [2.75, 3.05) is 47.5 Å². The number of unbranched alkanes of at least 4 members (excludes halogenated alkanes) is 41. The molecule has 0 fully saturated rings. The Balaban J connectivity index is 4.07. The second-order valence-electron chi connectivity index (χ2n) is 25.2. The molecule has 2 atom stereocenters. The molecule has 0 heterocycles. The molecule has 0 aromatic carbocycles. The number of allylic oxidation sites excluding steroid dienone is 10. The van der Waals surface area contributed by atoms with Crippen LogP contribution in [0.15, 0.2) is 60.8 Å². The van der Waals surface area contributed by atoms with Crippen molar-refractivity contribution in [2.45, 2.75) is 347 Å². The van der Waals surface area contributed by atoms with Crippen molar-refractivity contribution in [1.82, 2.24) is 0 Å². The Morgan fingerprint density at radius 1 is 0.361 bits per heavy atom. The second-order valence-corrected chi connectivity index (χ2v) is 25.2. The van der Waals surface area contributed by atoms with Crippen molar-refractivity contribution in [3.8, 4) is 0 Å². The molecule has 0 radical (unpaired) electrons. The third-order valence-corrected chi connectivity index (χ3v) is 15.7. The maximum absolute atomic E-state index is 12.9. The monoisotopic (exact) mass is 1170 g/mol. The summed E-state index contributed by atoms with van der Waals surface area (Å²) in [6.07, 6.45) is 81.6. The van der Waals surface area contributed by atoms with Gasteiger partial charge >= 0.3 is 11.9 Å². The molecule has 9 nitrogen and oxygen atoms in total. The van der Waals surface area contributed by atoms with Crippen LogP contribution in [0.3, 0.4) is 0 Å². The Morgan fingerprint density at radius 2 is 0.651 bits per heavy atom. The van der Waals surface area contributed by atoms with Gasteiger partial charge in [-0.2, -0.15) is 0 Å². The zero-order valence-corrected chi connectivity index (χ0v) is 55.3. The molecule has 0 amide bonds. The number of hydrogen-bond donors (Lipinski definition) is 0. The lowest BCUT2D eigenvalue weighted by molar-refractivity contribution is -0.870. The van der Waals surface area contributed by atoms with E-state index in [2.05, 4.69) is 74.6 Å². The summed E-state index contributed by atoms with van der Waals surface area (Å²) in [5, 5.41) is 11.8. The molecule has 2 unspecified atom stereocenters. The maximum Gasteiger partial charge on any atom is 0.306 e. The Morgan fingerprint density at radius 3 is 0.964 bits per heavy atom. The molecule has 0 bridgehead atoms. The number of carboxylic acid groups (broad SMARTS) is 1. The minimum Gasteiger partial charge on any atom is -0.545 e. The predicted octanol–water partition coefficient (Wildman–Crippen LogP) is 20.6. The van der Waals surface area contributed by atoms with E-state index in [1.165, 1.54) is 238 Å². The highest BCUT2D eigenvalue weighted by molar-refractivity contribution is 5.70. The van der Waals surface area contributed by atoms with Crippen LogP contribution in [-0.2, 0) is 33.3 Å². The number of carbonyl (C=O) groups excluding carboxylic acids is 3. The van der Waals surface area contributed by atoms with E-state index >= 15 is 0 Å². The number of rotatable bonds is 66. The van der Waals surface area contributed by atoms with Crippen LogP contribution in [0.25, 0.3) is 0 Å². The van der Waals surface area contributed by atoms with E-state index in [1.807, 2.05) is 21.1 Å². The first-order valence-electron chi connectivity index (χ1n) is 35.4. The van der Waals surface area contributed by atoms with Crippen LogP contribution in [-0.4, -0.2) is 82.3 Å². The molecule has 0 rings (SSSR count). The van der Waals surface area contributed by atoms with E-state index in [1.54, 1.807) is 0 Å². The highest BCUT2D eigenvalue weighted by Crippen LogP contribution is 2.18. The quantitative estimate of drug-likeness (QED) is 0.0195. The summed E-state index contributed by atoms with van der Waals surface area (Å²) in [4.78, 5) is 37.5. The van der Waals surface area contributed by atoms with Crippen LogP contribution in [0.5, 0.6) is 0 Å². The number of esters is 2. The van der Waals surface area contributed by atoms with E-state index in [-0.39, 0.29) is 32.2 Å². The van der Waals surface area contributed by atoms with Crippen molar-refractivity contribution in [3.05, 3.63) is 60.8 Å². The van der Waals surface area contributed by atoms with Crippen LogP contribution < -0.4 is 5.11 Å². The topological polar surface area (TPSA) is 111 Å². The fourth-order valence-corrected chi connectivity index (χ4v) is 10.3. The lowest BCUT2D eigenvalue weighted by Crippen LogP contribution is -2.44. The van der Waals surface area contributed by atoms with Gasteiger partial charge in [-0.25, -0.2) is 0 Å². The normalized spacial score (nSPS) is 13.0. The first kappa shape index (κ1) is 80.0. The highest BCUT2D eigenvalue weighted by atomic mass is 16.7. The Kier molecular flexibility index (Phi) is 62.6. The smallest absolute Gasteiger partial charge is 0.306 e. The Hall–Kier alpha value is -3.01. The van der Waals surface area contributed by atoms with Crippen molar-refractivity contribution < 1.29 is 42.9 Å². The third kappa shape index (κ3) is 66.4. The van der Waals surface area contributed by atoms with Gasteiger partial charge in [-0.3, -0.25) is 9.59 Å². The predicted molar refractivity (Wildman–Crippen MR) is 352 cm³/mol. The summed E-state index contributed by atoms with van der Waals surface area (Å²) >= 11 is 0. The largest absolute Gasteiger partial charge is 0.545 e. The number of carbonyl (C=O) groups is 3. The van der Waals surface area contributed by atoms with E-state index in [0.29, 0.717) is 23.9 Å². The molecular formula is C74H135NO8. The summed E-state index contributed by atoms with van der Waals surface area (Å²) in [5.41, 5.74) is 0. The zero-order valence-electron chi connectivity index (χ0n) is 55.3. The van der Waals surface area contributed by atoms with E-state index in [0.717, 1.165) is 64.2 Å². The van der Waals surface area contributed by atoms with Crippen molar-refractivity contribution in [2.24, 2.45) is 0 Å². The Labute approximate surface area is 514 Å². The summed E-state index contributed by atoms with van der Waals surface area (Å²) in [6, 6.07) is 0. The van der Waals surface area contributed by atoms with E-state index in [9.17, 15) is 19.5 Å². The van der Waals surface area contributed by atoms with Crippen LogP contribution in [0.4, 0.5) is 0 Å². The molecule has 0 saturated carbocycles. The summed E-state index contributed by atoms with van der Waals surface area (Å²) in [5.74, 6) is -2.27. The minimum atomic E-state index is -1.62. The van der Waals surface area contributed by atoms with Gasteiger partial charge in [0.1, 0.15) is 13.2 Å². The second kappa shape index (κ2) is 65.0. The van der Waals surface area contributed by atoms with Gasteiger partial charge < -0.3 is 33.3 Å². The molecule has 0 spiro atoms. The number of nitrogens with zero attached hydrogens (tertiary/aromatic N) is 1. The zero-order chi connectivity index (χ0) is 60.5. The molecule has 484 valence electrons. The van der Waals surface area contributed by atoms with Crippen LogP contribution in [0.2, 0.25) is 0 Å². The average Bonchev–Trinajstić information content (AvgIpc) is 3.46. The van der Waals surface area contributed by atoms with Gasteiger partial charge in [0, 0.05) is 12.8 Å². The van der Waals surface area contributed by atoms with E-state index < -0.39 is 24.3 Å². The van der Waals surface area contributed by atoms with Gasteiger partial charge in [0.2, 0.25) is 0 Å². The van der Waals surface area contributed by atoms with Gasteiger partial charge in [0.15, 0.2) is 12.4 Å². The molecule has 0 aliphatic carbocycles.